The van der Waals surface area contributed by atoms with Gasteiger partial charge in [0.15, 0.2) is 0 Å². The summed E-state index contributed by atoms with van der Waals surface area (Å²) in [7, 11) is 0. The maximum atomic E-state index is 11.9. The Balaban J connectivity index is 2.12. The normalized spacial score (nSPS) is 16.9. The van der Waals surface area contributed by atoms with Crippen LogP contribution in [0.15, 0.2) is 0 Å². The van der Waals surface area contributed by atoms with Gasteiger partial charge in [-0.2, -0.15) is 0 Å². The third kappa shape index (κ3) is 7.43. The fraction of sp³-hybridized carbons (Fsp3) is 0.867. The molecule has 1 aliphatic heterocycles. The average Bonchev–Trinajstić information content (AvgIpc) is 2.47. The Bertz CT molecular complexity index is 328. The van der Waals surface area contributed by atoms with Crippen molar-refractivity contribution in [3.8, 4) is 0 Å². The summed E-state index contributed by atoms with van der Waals surface area (Å²) in [6.45, 7) is 9.89. The van der Waals surface area contributed by atoms with Crippen molar-refractivity contribution in [3.63, 3.8) is 0 Å². The molecule has 1 fully saturated rings. The molecule has 1 saturated heterocycles. The van der Waals surface area contributed by atoms with E-state index in [1.807, 2.05) is 11.8 Å². The van der Waals surface area contributed by atoms with E-state index in [9.17, 15) is 9.59 Å². The number of rotatable bonds is 8. The summed E-state index contributed by atoms with van der Waals surface area (Å²) < 4.78 is 5.22. The zero-order chi connectivity index (χ0) is 15.7. The van der Waals surface area contributed by atoms with Crippen LogP contribution in [-0.4, -0.2) is 62.1 Å². The lowest BCUT2D eigenvalue weighted by Gasteiger charge is -2.27. The molecule has 1 heterocycles. The molecule has 2 N–H and O–H groups in total. The van der Waals surface area contributed by atoms with Gasteiger partial charge in [-0.1, -0.05) is 13.8 Å². The summed E-state index contributed by atoms with van der Waals surface area (Å²) >= 11 is 0. The minimum absolute atomic E-state index is 0.00512. The number of amides is 2. The van der Waals surface area contributed by atoms with Crippen LogP contribution in [0.5, 0.6) is 0 Å². The van der Waals surface area contributed by atoms with Crippen molar-refractivity contribution in [2.45, 2.75) is 39.7 Å². The van der Waals surface area contributed by atoms with E-state index in [1.54, 1.807) is 0 Å². The van der Waals surface area contributed by atoms with E-state index in [4.69, 9.17) is 4.74 Å². The molecular weight excluding hydrogens is 270 g/mol. The Morgan fingerprint density at radius 3 is 2.43 bits per heavy atom. The third-order valence-corrected chi connectivity index (χ3v) is 3.57. The van der Waals surface area contributed by atoms with Crippen LogP contribution in [0.2, 0.25) is 0 Å². The van der Waals surface area contributed by atoms with Crippen molar-refractivity contribution >= 4 is 11.8 Å². The highest BCUT2D eigenvalue weighted by Gasteiger charge is 2.17. The van der Waals surface area contributed by atoms with Gasteiger partial charge >= 0.3 is 0 Å². The number of hydrogen-bond donors (Lipinski definition) is 2. The summed E-state index contributed by atoms with van der Waals surface area (Å²) in [5, 5.41) is 6.00. The molecule has 0 aromatic heterocycles. The maximum absolute atomic E-state index is 11.9. The topological polar surface area (TPSA) is 70.7 Å². The van der Waals surface area contributed by atoms with E-state index >= 15 is 0 Å². The van der Waals surface area contributed by atoms with Gasteiger partial charge in [-0.15, -0.1) is 0 Å². The lowest BCUT2D eigenvalue weighted by atomic mass is 10.1. The van der Waals surface area contributed by atoms with E-state index in [0.717, 1.165) is 6.42 Å². The zero-order valence-corrected chi connectivity index (χ0v) is 13.5. The van der Waals surface area contributed by atoms with Crippen LogP contribution in [0.1, 0.15) is 33.6 Å². The van der Waals surface area contributed by atoms with Gasteiger partial charge < -0.3 is 20.3 Å². The number of carbonyl (C=O) groups is 2. The minimum Gasteiger partial charge on any atom is -0.378 e. The molecule has 0 spiro atoms. The summed E-state index contributed by atoms with van der Waals surface area (Å²) in [5.41, 5.74) is 0. The number of hydrogen-bond acceptors (Lipinski definition) is 4. The molecule has 21 heavy (non-hydrogen) atoms. The van der Waals surface area contributed by atoms with Crippen molar-refractivity contribution in [1.82, 2.24) is 15.5 Å². The quantitative estimate of drug-likeness (QED) is 0.679. The van der Waals surface area contributed by atoms with E-state index < -0.39 is 0 Å². The van der Waals surface area contributed by atoms with Crippen LogP contribution in [0.4, 0.5) is 0 Å². The second-order valence-corrected chi connectivity index (χ2v) is 5.89. The summed E-state index contributed by atoms with van der Waals surface area (Å²) in [5.74, 6) is 0.701. The SMILES string of the molecule is CC(C)CCNC(=O)C(C)NCCC(=O)N1CCOCC1. The molecule has 0 bridgehead atoms. The lowest BCUT2D eigenvalue weighted by molar-refractivity contribution is -0.135. The zero-order valence-electron chi connectivity index (χ0n) is 13.5. The van der Waals surface area contributed by atoms with Crippen LogP contribution >= 0.6 is 0 Å². The number of nitrogens with zero attached hydrogens (tertiary/aromatic N) is 1. The molecule has 1 rings (SSSR count). The van der Waals surface area contributed by atoms with E-state index in [-0.39, 0.29) is 17.9 Å². The first-order valence-electron chi connectivity index (χ1n) is 7.87. The summed E-state index contributed by atoms with van der Waals surface area (Å²) in [6, 6.07) is -0.269. The first-order valence-corrected chi connectivity index (χ1v) is 7.87. The molecule has 0 radical (unpaired) electrons. The molecule has 0 aromatic carbocycles. The number of morpholine rings is 1. The second kappa shape index (κ2) is 9.73. The van der Waals surface area contributed by atoms with Gasteiger partial charge in [-0.25, -0.2) is 0 Å². The molecule has 122 valence electrons. The van der Waals surface area contributed by atoms with Crippen LogP contribution in [-0.2, 0) is 14.3 Å². The molecule has 2 amide bonds. The molecule has 1 unspecified atom stereocenters. The highest BCUT2D eigenvalue weighted by atomic mass is 16.5. The highest BCUT2D eigenvalue weighted by Crippen LogP contribution is 2.00. The lowest BCUT2D eigenvalue weighted by Crippen LogP contribution is -2.45. The fourth-order valence-electron chi connectivity index (χ4n) is 2.10. The average molecular weight is 299 g/mol. The van der Waals surface area contributed by atoms with Gasteiger partial charge in [0.2, 0.25) is 11.8 Å². The van der Waals surface area contributed by atoms with Gasteiger partial charge in [0.05, 0.1) is 19.3 Å². The van der Waals surface area contributed by atoms with Crippen molar-refractivity contribution in [2.24, 2.45) is 5.92 Å². The molecule has 0 aromatic rings. The molecule has 0 aliphatic carbocycles. The largest absolute Gasteiger partial charge is 0.378 e. The molecular formula is C15H29N3O3. The van der Waals surface area contributed by atoms with Crippen molar-refractivity contribution in [2.75, 3.05) is 39.4 Å². The van der Waals surface area contributed by atoms with Gasteiger partial charge in [-0.05, 0) is 19.3 Å². The Kier molecular flexibility index (Phi) is 8.30. The Morgan fingerprint density at radius 2 is 1.81 bits per heavy atom. The van der Waals surface area contributed by atoms with Gasteiger partial charge in [0.25, 0.3) is 0 Å². The molecule has 1 atom stereocenters. The van der Waals surface area contributed by atoms with Crippen LogP contribution in [0.3, 0.4) is 0 Å². The van der Waals surface area contributed by atoms with E-state index in [2.05, 4.69) is 24.5 Å². The van der Waals surface area contributed by atoms with E-state index in [0.29, 0.717) is 51.7 Å². The van der Waals surface area contributed by atoms with E-state index in [1.165, 1.54) is 0 Å². The predicted octanol–water partition coefficient (Wildman–Crippen LogP) is 0.376. The van der Waals surface area contributed by atoms with Crippen LogP contribution in [0.25, 0.3) is 0 Å². The second-order valence-electron chi connectivity index (χ2n) is 5.89. The molecule has 6 nitrogen and oxygen atoms in total. The van der Waals surface area contributed by atoms with Crippen molar-refractivity contribution in [1.29, 1.82) is 0 Å². The molecule has 0 saturated carbocycles. The predicted molar refractivity (Wildman–Crippen MR) is 81.9 cm³/mol. The summed E-state index contributed by atoms with van der Waals surface area (Å²) in [4.78, 5) is 25.6. The maximum Gasteiger partial charge on any atom is 0.236 e. The third-order valence-electron chi connectivity index (χ3n) is 3.57. The van der Waals surface area contributed by atoms with Crippen LogP contribution in [0, 0.1) is 5.92 Å². The Morgan fingerprint density at radius 1 is 1.14 bits per heavy atom. The standard InChI is InChI=1S/C15H29N3O3/c1-12(2)4-6-17-15(20)13(3)16-7-5-14(19)18-8-10-21-11-9-18/h12-13,16H,4-11H2,1-3H3,(H,17,20). The van der Waals surface area contributed by atoms with Gasteiger partial charge in [0, 0.05) is 32.6 Å². The molecule has 6 heteroatoms. The fourth-order valence-corrected chi connectivity index (χ4v) is 2.10. The number of carbonyl (C=O) groups excluding carboxylic acids is 2. The van der Waals surface area contributed by atoms with Crippen molar-refractivity contribution < 1.29 is 14.3 Å². The summed E-state index contributed by atoms with van der Waals surface area (Å²) in [6.07, 6.45) is 1.40. The minimum atomic E-state index is -0.269. The number of ether oxygens (including phenoxy) is 1. The molecule has 1 aliphatic rings. The van der Waals surface area contributed by atoms with Crippen LogP contribution < -0.4 is 10.6 Å². The van der Waals surface area contributed by atoms with Gasteiger partial charge in [-0.3, -0.25) is 9.59 Å². The first kappa shape index (κ1) is 17.9. The first-order chi connectivity index (χ1) is 10.0. The Labute approximate surface area is 127 Å². The monoisotopic (exact) mass is 299 g/mol. The van der Waals surface area contributed by atoms with Crippen molar-refractivity contribution in [3.05, 3.63) is 0 Å². The highest BCUT2D eigenvalue weighted by molar-refractivity contribution is 5.81. The number of nitrogens with one attached hydrogen (secondary N) is 2. The van der Waals surface area contributed by atoms with Gasteiger partial charge in [0.1, 0.15) is 0 Å². The smallest absolute Gasteiger partial charge is 0.236 e. The Hall–Kier alpha value is -1.14.